The average molecular weight is 311 g/mol. The minimum Gasteiger partial charge on any atom is -0.296 e. The normalized spacial score (nSPS) is 11.6. The van der Waals surface area contributed by atoms with Crippen LogP contribution in [0.3, 0.4) is 0 Å². The van der Waals surface area contributed by atoms with Crippen LogP contribution in [0.4, 0.5) is 13.2 Å². The maximum absolute atomic E-state index is 12.6. The molecule has 2 aromatic rings. The van der Waals surface area contributed by atoms with Gasteiger partial charge in [-0.05, 0) is 18.6 Å². The van der Waals surface area contributed by atoms with Gasteiger partial charge in [-0.25, -0.2) is 4.68 Å². The van der Waals surface area contributed by atoms with E-state index < -0.39 is 11.7 Å². The third-order valence-corrected chi connectivity index (χ3v) is 3.33. The van der Waals surface area contributed by atoms with Gasteiger partial charge in [-0.1, -0.05) is 37.1 Å². The molecule has 118 valence electrons. The summed E-state index contributed by atoms with van der Waals surface area (Å²) in [7, 11) is 0. The topological polar surface area (TPSA) is 47.8 Å². The summed E-state index contributed by atoms with van der Waals surface area (Å²) in [5, 5.41) is 7.70. The second kappa shape index (κ2) is 6.72. The molecule has 0 fully saturated rings. The van der Waals surface area contributed by atoms with Crippen molar-refractivity contribution in [2.24, 2.45) is 0 Å². The first-order valence-corrected chi connectivity index (χ1v) is 7.03. The molecule has 0 saturated carbocycles. The van der Waals surface area contributed by atoms with Gasteiger partial charge in [-0.3, -0.25) is 4.79 Å². The summed E-state index contributed by atoms with van der Waals surface area (Å²) in [6, 6.07) is 4.66. The summed E-state index contributed by atoms with van der Waals surface area (Å²) in [6.07, 6.45) is -0.915. The number of aryl methyl sites for hydroxylation is 1. The first-order chi connectivity index (χ1) is 10.5. The molecule has 0 aliphatic heterocycles. The van der Waals surface area contributed by atoms with E-state index in [1.54, 1.807) is 4.68 Å². The van der Waals surface area contributed by atoms with E-state index in [9.17, 15) is 18.0 Å². The lowest BCUT2D eigenvalue weighted by Crippen LogP contribution is -2.06. The van der Waals surface area contributed by atoms with Gasteiger partial charge in [0.05, 0.1) is 11.3 Å². The van der Waals surface area contributed by atoms with Crippen LogP contribution in [-0.2, 0) is 12.7 Å². The molecule has 0 amide bonds. The fraction of sp³-hybridized carbons (Fsp3) is 0.400. The number of rotatable bonds is 6. The zero-order valence-electron chi connectivity index (χ0n) is 12.1. The first kappa shape index (κ1) is 16.2. The zero-order chi connectivity index (χ0) is 16.2. The third-order valence-electron chi connectivity index (χ3n) is 3.33. The van der Waals surface area contributed by atoms with Crippen molar-refractivity contribution >= 4 is 6.29 Å². The van der Waals surface area contributed by atoms with Crippen LogP contribution in [0.1, 0.15) is 42.2 Å². The Morgan fingerprint density at radius 3 is 2.41 bits per heavy atom. The zero-order valence-corrected chi connectivity index (χ0v) is 12.1. The lowest BCUT2D eigenvalue weighted by Gasteiger charge is -2.09. The highest BCUT2D eigenvalue weighted by Gasteiger charge is 2.30. The van der Waals surface area contributed by atoms with Gasteiger partial charge < -0.3 is 0 Å². The number of carbonyl (C=O) groups is 1. The van der Waals surface area contributed by atoms with Crippen LogP contribution in [0.5, 0.6) is 0 Å². The molecule has 0 N–H and O–H groups in total. The fourth-order valence-electron chi connectivity index (χ4n) is 2.19. The van der Waals surface area contributed by atoms with Crippen molar-refractivity contribution in [3.8, 4) is 11.3 Å². The first-order valence-electron chi connectivity index (χ1n) is 7.03. The van der Waals surface area contributed by atoms with E-state index >= 15 is 0 Å². The van der Waals surface area contributed by atoms with Crippen LogP contribution in [0.25, 0.3) is 11.3 Å². The number of halogens is 3. The number of benzene rings is 1. The van der Waals surface area contributed by atoms with Crippen LogP contribution < -0.4 is 0 Å². The van der Waals surface area contributed by atoms with Gasteiger partial charge in [0.2, 0.25) is 0 Å². The van der Waals surface area contributed by atoms with Crippen LogP contribution in [0, 0.1) is 0 Å². The summed E-state index contributed by atoms with van der Waals surface area (Å²) in [5.74, 6) is 0. The Bertz CT molecular complexity index is 632. The number of unbranched alkanes of at least 4 members (excludes halogenated alkanes) is 2. The van der Waals surface area contributed by atoms with E-state index in [2.05, 4.69) is 17.2 Å². The highest BCUT2D eigenvalue weighted by molar-refractivity contribution is 5.83. The number of carbonyl (C=O) groups excluding carboxylic acids is 1. The molecule has 0 aliphatic carbocycles. The van der Waals surface area contributed by atoms with Crippen molar-refractivity contribution in [3.63, 3.8) is 0 Å². The molecule has 0 radical (unpaired) electrons. The number of nitrogens with zero attached hydrogens (tertiary/aromatic N) is 3. The Balaban J connectivity index is 2.34. The summed E-state index contributed by atoms with van der Waals surface area (Å²) >= 11 is 0. The second-order valence-corrected chi connectivity index (χ2v) is 4.95. The van der Waals surface area contributed by atoms with Crippen molar-refractivity contribution in [3.05, 3.63) is 35.5 Å². The van der Waals surface area contributed by atoms with Crippen molar-refractivity contribution in [1.82, 2.24) is 15.0 Å². The van der Waals surface area contributed by atoms with Gasteiger partial charge in [0, 0.05) is 12.1 Å². The summed E-state index contributed by atoms with van der Waals surface area (Å²) in [5.41, 5.74) is 0.363. The monoisotopic (exact) mass is 311 g/mol. The molecule has 0 unspecified atom stereocenters. The SMILES string of the molecule is CCCCCn1nnc(C=O)c1-c1ccc(C(F)(F)F)cc1. The molecule has 4 nitrogen and oxygen atoms in total. The number of hydrogen-bond acceptors (Lipinski definition) is 3. The van der Waals surface area contributed by atoms with E-state index in [-0.39, 0.29) is 5.69 Å². The van der Waals surface area contributed by atoms with Crippen molar-refractivity contribution in [2.45, 2.75) is 38.9 Å². The number of alkyl halides is 3. The van der Waals surface area contributed by atoms with Crippen LogP contribution in [0.2, 0.25) is 0 Å². The molecule has 0 saturated heterocycles. The molecular weight excluding hydrogens is 295 g/mol. The van der Waals surface area contributed by atoms with Crippen LogP contribution >= 0.6 is 0 Å². The Morgan fingerprint density at radius 1 is 1.18 bits per heavy atom. The van der Waals surface area contributed by atoms with E-state index in [4.69, 9.17) is 0 Å². The van der Waals surface area contributed by atoms with Crippen molar-refractivity contribution in [2.75, 3.05) is 0 Å². The molecule has 0 atom stereocenters. The van der Waals surface area contributed by atoms with Crippen LogP contribution in [-0.4, -0.2) is 21.3 Å². The van der Waals surface area contributed by atoms with Crippen LogP contribution in [0.15, 0.2) is 24.3 Å². The summed E-state index contributed by atoms with van der Waals surface area (Å²) in [6.45, 7) is 2.64. The predicted octanol–water partition coefficient (Wildman–Crippen LogP) is 3.97. The standard InChI is InChI=1S/C15H16F3N3O/c1-2-3-4-9-21-14(13(10-22)19-20-21)11-5-7-12(8-6-11)15(16,17)18/h5-8,10H,2-4,9H2,1H3. The Labute approximate surface area is 125 Å². The van der Waals surface area contributed by atoms with Gasteiger partial charge in [0.25, 0.3) is 0 Å². The smallest absolute Gasteiger partial charge is 0.296 e. The lowest BCUT2D eigenvalue weighted by atomic mass is 10.1. The third kappa shape index (κ3) is 3.52. The summed E-state index contributed by atoms with van der Waals surface area (Å²) in [4.78, 5) is 11.1. The Morgan fingerprint density at radius 2 is 1.86 bits per heavy atom. The Kier molecular flexibility index (Phi) is 4.95. The number of aromatic nitrogens is 3. The minimum absolute atomic E-state index is 0.135. The molecular formula is C15H16F3N3O. The lowest BCUT2D eigenvalue weighted by molar-refractivity contribution is -0.137. The second-order valence-electron chi connectivity index (χ2n) is 4.95. The largest absolute Gasteiger partial charge is 0.416 e. The number of hydrogen-bond donors (Lipinski definition) is 0. The molecule has 7 heteroatoms. The maximum Gasteiger partial charge on any atom is 0.416 e. The molecule has 1 aromatic carbocycles. The van der Waals surface area contributed by atoms with E-state index in [0.29, 0.717) is 24.1 Å². The van der Waals surface area contributed by atoms with Crippen molar-refractivity contribution in [1.29, 1.82) is 0 Å². The van der Waals surface area contributed by atoms with Gasteiger partial charge >= 0.3 is 6.18 Å². The fourth-order valence-corrected chi connectivity index (χ4v) is 2.19. The van der Waals surface area contributed by atoms with Gasteiger partial charge in [-0.15, -0.1) is 5.10 Å². The number of aldehydes is 1. The molecule has 0 aliphatic rings. The van der Waals surface area contributed by atoms with E-state index in [1.165, 1.54) is 12.1 Å². The van der Waals surface area contributed by atoms with Gasteiger partial charge in [0.15, 0.2) is 12.0 Å². The molecule has 2 rings (SSSR count). The predicted molar refractivity (Wildman–Crippen MR) is 75.4 cm³/mol. The van der Waals surface area contributed by atoms with Crippen molar-refractivity contribution < 1.29 is 18.0 Å². The van der Waals surface area contributed by atoms with Gasteiger partial charge in [-0.2, -0.15) is 13.2 Å². The molecule has 1 aromatic heterocycles. The molecule has 0 bridgehead atoms. The highest BCUT2D eigenvalue weighted by atomic mass is 19.4. The highest BCUT2D eigenvalue weighted by Crippen LogP contribution is 2.31. The molecule has 22 heavy (non-hydrogen) atoms. The minimum atomic E-state index is -4.38. The Hall–Kier alpha value is -2.18. The summed E-state index contributed by atoms with van der Waals surface area (Å²) < 4.78 is 39.4. The maximum atomic E-state index is 12.6. The molecule has 1 heterocycles. The quantitative estimate of drug-likeness (QED) is 0.599. The molecule has 0 spiro atoms. The van der Waals surface area contributed by atoms with E-state index in [1.807, 2.05) is 0 Å². The average Bonchev–Trinajstić information content (AvgIpc) is 2.90. The van der Waals surface area contributed by atoms with E-state index in [0.717, 1.165) is 31.4 Å². The van der Waals surface area contributed by atoms with Gasteiger partial charge in [0.1, 0.15) is 0 Å².